The fourth-order valence-electron chi connectivity index (χ4n) is 4.31. The number of urea groups is 1. The van der Waals surface area contributed by atoms with Gasteiger partial charge in [-0.15, -0.1) is 0 Å². The van der Waals surface area contributed by atoms with Crippen LogP contribution in [-0.2, 0) is 14.3 Å². The van der Waals surface area contributed by atoms with Crippen molar-refractivity contribution >= 4 is 29.8 Å². The van der Waals surface area contributed by atoms with Crippen LogP contribution in [0.2, 0.25) is 0 Å². The average Bonchev–Trinajstić information content (AvgIpc) is 3.48. The van der Waals surface area contributed by atoms with Crippen LogP contribution in [0.1, 0.15) is 31.2 Å². The molecule has 3 N–H and O–H groups in total. The molecule has 0 radical (unpaired) electrons. The maximum atomic E-state index is 12.6. The van der Waals surface area contributed by atoms with E-state index in [-0.39, 0.29) is 46.5 Å². The first kappa shape index (κ1) is 31.1. The average molecular weight is 608 g/mol. The summed E-state index contributed by atoms with van der Waals surface area (Å²) < 4.78 is 26.8. The SMILES string of the molecule is CCOC(=O)C1=C(C)NC(=O)N[C@H]1c1ccc(OCC(=O)N/N=C\c2ccc(-c3ccc(OC)cc3[N+](=O)[O-])o2)c(OC)c1. The molecule has 15 heteroatoms. The summed E-state index contributed by atoms with van der Waals surface area (Å²) in [5, 5.41) is 20.6. The lowest BCUT2D eigenvalue weighted by molar-refractivity contribution is -0.384. The Morgan fingerprint density at radius 1 is 1.11 bits per heavy atom. The number of allylic oxidation sites excluding steroid dienone is 1. The Kier molecular flexibility index (Phi) is 9.80. The molecule has 3 aromatic rings. The Balaban J connectivity index is 1.39. The smallest absolute Gasteiger partial charge is 0.338 e. The summed E-state index contributed by atoms with van der Waals surface area (Å²) in [4.78, 5) is 48.0. The zero-order chi connectivity index (χ0) is 31.8. The van der Waals surface area contributed by atoms with Crippen LogP contribution >= 0.6 is 0 Å². The first-order chi connectivity index (χ1) is 21.1. The number of carbonyl (C=O) groups excluding carboxylic acids is 3. The van der Waals surface area contributed by atoms with Gasteiger partial charge < -0.3 is 34.0 Å². The molecule has 0 saturated heterocycles. The number of nitro groups is 1. The molecular formula is C29H29N5O10. The van der Waals surface area contributed by atoms with Gasteiger partial charge in [-0.3, -0.25) is 14.9 Å². The predicted molar refractivity (Wildman–Crippen MR) is 155 cm³/mol. The summed E-state index contributed by atoms with van der Waals surface area (Å²) in [5.41, 5.74) is 3.49. The van der Waals surface area contributed by atoms with Gasteiger partial charge in [-0.05, 0) is 55.8 Å². The van der Waals surface area contributed by atoms with Crippen molar-refractivity contribution in [1.29, 1.82) is 0 Å². The molecule has 15 nitrogen and oxygen atoms in total. The quantitative estimate of drug-likeness (QED) is 0.119. The minimum Gasteiger partial charge on any atom is -0.497 e. The monoisotopic (exact) mass is 607 g/mol. The van der Waals surface area contributed by atoms with Crippen LogP contribution in [0, 0.1) is 10.1 Å². The van der Waals surface area contributed by atoms with Crippen LogP contribution in [0.15, 0.2) is 69.3 Å². The topological polar surface area (TPSA) is 193 Å². The number of hydrogen-bond donors (Lipinski definition) is 3. The van der Waals surface area contributed by atoms with Crippen molar-refractivity contribution in [2.45, 2.75) is 19.9 Å². The van der Waals surface area contributed by atoms with Crippen LogP contribution in [-0.4, -0.2) is 56.5 Å². The maximum absolute atomic E-state index is 12.6. The van der Waals surface area contributed by atoms with Crippen LogP contribution in [0.5, 0.6) is 17.2 Å². The molecule has 0 bridgehead atoms. The summed E-state index contributed by atoms with van der Waals surface area (Å²) >= 11 is 0. The molecule has 1 aromatic heterocycles. The summed E-state index contributed by atoms with van der Waals surface area (Å²) in [6, 6.07) is 10.9. The highest BCUT2D eigenvalue weighted by Gasteiger charge is 2.32. The zero-order valence-corrected chi connectivity index (χ0v) is 24.2. The number of carbonyl (C=O) groups is 3. The number of nitrogens with one attached hydrogen (secondary N) is 3. The van der Waals surface area contributed by atoms with E-state index in [1.54, 1.807) is 44.2 Å². The molecule has 3 amide bonds. The van der Waals surface area contributed by atoms with Gasteiger partial charge in [-0.1, -0.05) is 6.07 Å². The highest BCUT2D eigenvalue weighted by Crippen LogP contribution is 2.35. The highest BCUT2D eigenvalue weighted by atomic mass is 16.6. The van der Waals surface area contributed by atoms with Crippen molar-refractivity contribution in [3.8, 4) is 28.6 Å². The second kappa shape index (κ2) is 13.9. The van der Waals surface area contributed by atoms with Crippen LogP contribution < -0.4 is 30.3 Å². The predicted octanol–water partition coefficient (Wildman–Crippen LogP) is 3.59. The van der Waals surface area contributed by atoms with Gasteiger partial charge in [0.1, 0.15) is 17.3 Å². The molecule has 1 aliphatic heterocycles. The van der Waals surface area contributed by atoms with Crippen molar-refractivity contribution in [1.82, 2.24) is 16.1 Å². The van der Waals surface area contributed by atoms with Crippen molar-refractivity contribution in [3.63, 3.8) is 0 Å². The molecule has 2 aromatic carbocycles. The largest absolute Gasteiger partial charge is 0.497 e. The number of ether oxygens (including phenoxy) is 4. The van der Waals surface area contributed by atoms with Gasteiger partial charge in [-0.25, -0.2) is 15.0 Å². The van der Waals surface area contributed by atoms with Crippen molar-refractivity contribution in [2.75, 3.05) is 27.4 Å². The molecule has 0 unspecified atom stereocenters. The lowest BCUT2D eigenvalue weighted by Gasteiger charge is -2.28. The van der Waals surface area contributed by atoms with Crippen molar-refractivity contribution < 1.29 is 42.7 Å². The number of hydrogen-bond acceptors (Lipinski definition) is 11. The first-order valence-corrected chi connectivity index (χ1v) is 13.2. The molecule has 0 spiro atoms. The Hall–Kier alpha value is -5.86. The summed E-state index contributed by atoms with van der Waals surface area (Å²) in [6.45, 7) is 3.02. The fraction of sp³-hybridized carbons (Fsp3) is 0.241. The number of esters is 1. The van der Waals surface area contributed by atoms with Gasteiger partial charge in [0.2, 0.25) is 0 Å². The lowest BCUT2D eigenvalue weighted by atomic mass is 9.95. The third-order valence-electron chi connectivity index (χ3n) is 6.32. The molecule has 230 valence electrons. The van der Waals surface area contributed by atoms with E-state index in [0.717, 1.165) is 0 Å². The van der Waals surface area contributed by atoms with Crippen molar-refractivity contribution in [3.05, 3.63) is 81.2 Å². The Bertz CT molecular complexity index is 1640. The van der Waals surface area contributed by atoms with E-state index in [9.17, 15) is 24.5 Å². The third kappa shape index (κ3) is 7.13. The standard InChI is InChI=1S/C29H29N5O10/c1-5-42-28(36)26-16(2)31-29(37)32-27(26)17-6-10-23(24(12-17)41-4)43-15-25(35)33-30-14-19-8-11-22(44-19)20-9-7-18(40-3)13-21(20)34(38)39/h6-14,27H,5,15H2,1-4H3,(H,33,35)(H2,31,32,37)/b30-14-/t27-/m0/s1. The molecular weight excluding hydrogens is 578 g/mol. The molecule has 0 saturated carbocycles. The highest BCUT2D eigenvalue weighted by molar-refractivity contribution is 5.95. The molecule has 4 rings (SSSR count). The van der Waals surface area contributed by atoms with Gasteiger partial charge >= 0.3 is 12.0 Å². The number of nitrogens with zero attached hydrogens (tertiary/aromatic N) is 2. The molecule has 1 atom stereocenters. The number of furan rings is 1. The van der Waals surface area contributed by atoms with E-state index < -0.39 is 35.5 Å². The second-order valence-corrected chi connectivity index (χ2v) is 9.12. The third-order valence-corrected chi connectivity index (χ3v) is 6.32. The zero-order valence-electron chi connectivity index (χ0n) is 24.2. The normalized spacial score (nSPS) is 14.5. The molecule has 44 heavy (non-hydrogen) atoms. The molecule has 0 fully saturated rings. The van der Waals surface area contributed by atoms with Gasteiger partial charge in [0.05, 0.1) is 55.2 Å². The number of methoxy groups -OCH3 is 2. The second-order valence-electron chi connectivity index (χ2n) is 9.12. The van der Waals surface area contributed by atoms with Crippen molar-refractivity contribution in [2.24, 2.45) is 5.10 Å². The van der Waals surface area contributed by atoms with Crippen LogP contribution in [0.25, 0.3) is 11.3 Å². The van der Waals surface area contributed by atoms with E-state index >= 15 is 0 Å². The van der Waals surface area contributed by atoms with E-state index in [0.29, 0.717) is 17.0 Å². The van der Waals surface area contributed by atoms with Gasteiger partial charge in [0, 0.05) is 5.70 Å². The van der Waals surface area contributed by atoms with E-state index in [1.807, 2.05) is 0 Å². The molecule has 0 aliphatic carbocycles. The minimum absolute atomic E-state index is 0.162. The maximum Gasteiger partial charge on any atom is 0.338 e. The summed E-state index contributed by atoms with van der Waals surface area (Å²) in [5.74, 6) is 0.104. The van der Waals surface area contributed by atoms with E-state index in [4.69, 9.17) is 23.4 Å². The van der Waals surface area contributed by atoms with Gasteiger partial charge in [-0.2, -0.15) is 5.10 Å². The molecule has 1 aliphatic rings. The Labute approximate surface area is 250 Å². The number of hydrazone groups is 1. The number of benzene rings is 2. The summed E-state index contributed by atoms with van der Waals surface area (Å²) in [7, 11) is 2.81. The summed E-state index contributed by atoms with van der Waals surface area (Å²) in [6.07, 6.45) is 1.23. The number of amides is 3. The molecule has 2 heterocycles. The fourth-order valence-corrected chi connectivity index (χ4v) is 4.31. The Morgan fingerprint density at radius 3 is 2.61 bits per heavy atom. The number of nitro benzene ring substituents is 1. The van der Waals surface area contributed by atoms with E-state index in [2.05, 4.69) is 21.2 Å². The lowest BCUT2D eigenvalue weighted by Crippen LogP contribution is -2.45. The van der Waals surface area contributed by atoms with Crippen LogP contribution in [0.3, 0.4) is 0 Å². The van der Waals surface area contributed by atoms with Crippen LogP contribution in [0.4, 0.5) is 10.5 Å². The Morgan fingerprint density at radius 2 is 1.91 bits per heavy atom. The minimum atomic E-state index is -0.804. The van der Waals surface area contributed by atoms with E-state index in [1.165, 1.54) is 38.6 Å². The van der Waals surface area contributed by atoms with Gasteiger partial charge in [0.25, 0.3) is 11.6 Å². The van der Waals surface area contributed by atoms with Gasteiger partial charge in [0.15, 0.2) is 18.1 Å². The first-order valence-electron chi connectivity index (χ1n) is 13.2. The number of rotatable bonds is 12.